The summed E-state index contributed by atoms with van der Waals surface area (Å²) >= 11 is 0. The summed E-state index contributed by atoms with van der Waals surface area (Å²) in [5, 5.41) is 5.54. The molecule has 7 nitrogen and oxygen atoms in total. The molecule has 1 heterocycles. The van der Waals surface area contributed by atoms with Gasteiger partial charge in [0.2, 0.25) is 0 Å². The van der Waals surface area contributed by atoms with E-state index in [-0.39, 0.29) is 11.6 Å². The number of carbonyl (C=O) groups excluding carboxylic acids is 2. The van der Waals surface area contributed by atoms with Crippen molar-refractivity contribution in [1.82, 2.24) is 10.3 Å². The molecule has 0 radical (unpaired) electrons. The van der Waals surface area contributed by atoms with Gasteiger partial charge in [0.05, 0.1) is 19.9 Å². The number of nitrogens with one attached hydrogen (secondary N) is 2. The number of hydrogen-bond donors (Lipinski definition) is 2. The Kier molecular flexibility index (Phi) is 6.54. The van der Waals surface area contributed by atoms with Gasteiger partial charge in [-0.1, -0.05) is 13.8 Å². The van der Waals surface area contributed by atoms with E-state index in [2.05, 4.69) is 15.6 Å². The molecule has 26 heavy (non-hydrogen) atoms. The maximum Gasteiger partial charge on any atom is 0.274 e. The normalized spacial score (nSPS) is 10.3. The summed E-state index contributed by atoms with van der Waals surface area (Å²) in [4.78, 5) is 28.7. The van der Waals surface area contributed by atoms with Crippen LogP contribution in [-0.2, 0) is 0 Å². The van der Waals surface area contributed by atoms with Crippen molar-refractivity contribution in [2.75, 3.05) is 26.1 Å². The van der Waals surface area contributed by atoms with E-state index in [1.54, 1.807) is 31.4 Å². The maximum atomic E-state index is 12.5. The lowest BCUT2D eigenvalue weighted by Gasteiger charge is -2.12. The fourth-order valence-electron chi connectivity index (χ4n) is 2.18. The minimum Gasteiger partial charge on any atom is -0.497 e. The molecule has 0 unspecified atom stereocenters. The van der Waals surface area contributed by atoms with Crippen LogP contribution in [0.4, 0.5) is 5.69 Å². The number of carbonyl (C=O) groups is 2. The Labute approximate surface area is 152 Å². The minimum absolute atomic E-state index is 0.139. The zero-order chi connectivity index (χ0) is 19.1. The lowest BCUT2D eigenvalue weighted by Crippen LogP contribution is -2.27. The van der Waals surface area contributed by atoms with Crippen LogP contribution in [0, 0.1) is 5.92 Å². The van der Waals surface area contributed by atoms with E-state index in [0.29, 0.717) is 35.2 Å². The first-order valence-electron chi connectivity index (χ1n) is 8.22. The number of rotatable bonds is 7. The third kappa shape index (κ3) is 4.95. The average Bonchev–Trinajstić information content (AvgIpc) is 2.66. The highest BCUT2D eigenvalue weighted by Crippen LogP contribution is 2.29. The minimum atomic E-state index is -0.438. The van der Waals surface area contributed by atoms with Crippen molar-refractivity contribution >= 4 is 17.5 Å². The fourth-order valence-corrected chi connectivity index (χ4v) is 2.18. The average molecular weight is 357 g/mol. The Morgan fingerprint density at radius 1 is 1.08 bits per heavy atom. The van der Waals surface area contributed by atoms with Crippen LogP contribution in [0.2, 0.25) is 0 Å². The van der Waals surface area contributed by atoms with Crippen molar-refractivity contribution < 1.29 is 19.1 Å². The number of ether oxygens (including phenoxy) is 2. The molecular formula is C19H23N3O4. The second-order valence-electron chi connectivity index (χ2n) is 6.05. The van der Waals surface area contributed by atoms with Crippen molar-refractivity contribution in [2.45, 2.75) is 13.8 Å². The van der Waals surface area contributed by atoms with E-state index in [9.17, 15) is 9.59 Å². The second-order valence-corrected chi connectivity index (χ2v) is 6.05. The molecule has 138 valence electrons. The third-order valence-electron chi connectivity index (χ3n) is 3.58. The van der Waals surface area contributed by atoms with E-state index >= 15 is 0 Å². The summed E-state index contributed by atoms with van der Waals surface area (Å²) in [7, 11) is 3.05. The largest absolute Gasteiger partial charge is 0.497 e. The number of methoxy groups -OCH3 is 2. The van der Waals surface area contributed by atoms with Crippen LogP contribution in [-0.4, -0.2) is 37.6 Å². The quantitative estimate of drug-likeness (QED) is 0.795. The molecule has 0 saturated heterocycles. The molecule has 2 N–H and O–H groups in total. The van der Waals surface area contributed by atoms with E-state index in [1.807, 2.05) is 13.8 Å². The number of amides is 2. The number of benzene rings is 1. The summed E-state index contributed by atoms with van der Waals surface area (Å²) in [5.41, 5.74) is 1.00. The van der Waals surface area contributed by atoms with Crippen molar-refractivity contribution in [3.63, 3.8) is 0 Å². The van der Waals surface area contributed by atoms with Crippen molar-refractivity contribution in [1.29, 1.82) is 0 Å². The predicted molar refractivity (Wildman–Crippen MR) is 98.9 cm³/mol. The van der Waals surface area contributed by atoms with E-state index in [1.165, 1.54) is 19.4 Å². The molecule has 2 rings (SSSR count). The van der Waals surface area contributed by atoms with Crippen LogP contribution in [0.5, 0.6) is 11.5 Å². The van der Waals surface area contributed by atoms with E-state index in [0.717, 1.165) is 0 Å². The van der Waals surface area contributed by atoms with Crippen LogP contribution < -0.4 is 20.1 Å². The van der Waals surface area contributed by atoms with Gasteiger partial charge in [-0.3, -0.25) is 14.6 Å². The zero-order valence-electron chi connectivity index (χ0n) is 15.3. The number of nitrogens with zero attached hydrogens (tertiary/aromatic N) is 1. The van der Waals surface area contributed by atoms with Crippen LogP contribution in [0.1, 0.15) is 34.7 Å². The molecule has 1 aromatic carbocycles. The molecule has 0 aliphatic heterocycles. The van der Waals surface area contributed by atoms with Crippen LogP contribution in [0.15, 0.2) is 36.5 Å². The van der Waals surface area contributed by atoms with Gasteiger partial charge in [-0.15, -0.1) is 0 Å². The van der Waals surface area contributed by atoms with E-state index < -0.39 is 5.91 Å². The number of pyridine rings is 1. The highest BCUT2D eigenvalue weighted by atomic mass is 16.5. The Morgan fingerprint density at radius 2 is 1.85 bits per heavy atom. The topological polar surface area (TPSA) is 89.5 Å². The van der Waals surface area contributed by atoms with Gasteiger partial charge < -0.3 is 20.1 Å². The van der Waals surface area contributed by atoms with Gasteiger partial charge in [-0.2, -0.15) is 0 Å². The standard InChI is InChI=1S/C19H23N3O4/c1-12(2)11-21-18(23)13-7-8-20-16(9-13)19(24)22-15-6-5-14(25-3)10-17(15)26-4/h5-10,12H,11H2,1-4H3,(H,21,23)(H,22,24). The molecular weight excluding hydrogens is 334 g/mol. The third-order valence-corrected chi connectivity index (χ3v) is 3.58. The molecule has 0 spiro atoms. The summed E-state index contributed by atoms with van der Waals surface area (Å²) in [6.07, 6.45) is 1.43. The smallest absolute Gasteiger partial charge is 0.274 e. The van der Waals surface area contributed by atoms with Crippen LogP contribution in [0.25, 0.3) is 0 Å². The summed E-state index contributed by atoms with van der Waals surface area (Å²) < 4.78 is 10.4. The first kappa shape index (κ1) is 19.2. The number of aromatic nitrogens is 1. The van der Waals surface area contributed by atoms with E-state index in [4.69, 9.17) is 9.47 Å². The lowest BCUT2D eigenvalue weighted by atomic mass is 10.2. The molecule has 7 heteroatoms. The molecule has 0 fully saturated rings. The first-order chi connectivity index (χ1) is 12.4. The summed E-state index contributed by atoms with van der Waals surface area (Å²) in [5.74, 6) is 0.737. The SMILES string of the molecule is COc1ccc(NC(=O)c2cc(C(=O)NCC(C)C)ccn2)c(OC)c1. The van der Waals surface area contributed by atoms with Gasteiger partial charge in [0.15, 0.2) is 0 Å². The van der Waals surface area contributed by atoms with Gasteiger partial charge in [-0.05, 0) is 30.2 Å². The van der Waals surface area contributed by atoms with Gasteiger partial charge in [-0.25, -0.2) is 0 Å². The molecule has 1 aromatic heterocycles. The molecule has 2 aromatic rings. The summed E-state index contributed by atoms with van der Waals surface area (Å²) in [6, 6.07) is 8.08. The van der Waals surface area contributed by atoms with Gasteiger partial charge in [0, 0.05) is 24.4 Å². The first-order valence-corrected chi connectivity index (χ1v) is 8.22. The Balaban J connectivity index is 2.15. The van der Waals surface area contributed by atoms with Crippen molar-refractivity contribution in [3.8, 4) is 11.5 Å². The maximum absolute atomic E-state index is 12.5. The molecule has 0 aliphatic rings. The lowest BCUT2D eigenvalue weighted by molar-refractivity contribution is 0.0949. The number of hydrogen-bond acceptors (Lipinski definition) is 5. The van der Waals surface area contributed by atoms with Crippen LogP contribution in [0.3, 0.4) is 0 Å². The Morgan fingerprint density at radius 3 is 2.50 bits per heavy atom. The predicted octanol–water partition coefficient (Wildman–Crippen LogP) is 2.74. The zero-order valence-corrected chi connectivity index (χ0v) is 15.3. The molecule has 0 saturated carbocycles. The highest BCUT2D eigenvalue weighted by molar-refractivity contribution is 6.05. The van der Waals surface area contributed by atoms with Crippen molar-refractivity contribution in [3.05, 3.63) is 47.8 Å². The Hall–Kier alpha value is -3.09. The monoisotopic (exact) mass is 357 g/mol. The Bertz CT molecular complexity index is 790. The number of anilines is 1. The fraction of sp³-hybridized carbons (Fsp3) is 0.316. The van der Waals surface area contributed by atoms with Gasteiger partial charge in [0.25, 0.3) is 11.8 Å². The summed E-state index contributed by atoms with van der Waals surface area (Å²) in [6.45, 7) is 4.58. The van der Waals surface area contributed by atoms with Gasteiger partial charge >= 0.3 is 0 Å². The molecule has 0 atom stereocenters. The van der Waals surface area contributed by atoms with Gasteiger partial charge in [0.1, 0.15) is 17.2 Å². The molecule has 0 bridgehead atoms. The second kappa shape index (κ2) is 8.84. The van der Waals surface area contributed by atoms with Crippen LogP contribution >= 0.6 is 0 Å². The molecule has 2 amide bonds. The highest BCUT2D eigenvalue weighted by Gasteiger charge is 2.14. The molecule has 0 aliphatic carbocycles. The van der Waals surface area contributed by atoms with Crippen molar-refractivity contribution in [2.24, 2.45) is 5.92 Å².